The summed E-state index contributed by atoms with van der Waals surface area (Å²) >= 11 is 0.846. The highest BCUT2D eigenvalue weighted by atomic mass is 32.2. The zero-order chi connectivity index (χ0) is 31.6. The zero-order valence-corrected chi connectivity index (χ0v) is 26.6. The minimum atomic E-state index is -4.34. The van der Waals surface area contributed by atoms with Gasteiger partial charge in [0.2, 0.25) is 5.69 Å². The van der Waals surface area contributed by atoms with Crippen molar-refractivity contribution in [3.05, 3.63) is 71.5 Å². The quantitative estimate of drug-likeness (QED) is 0.0734. The molecule has 0 radical (unpaired) electrons. The van der Waals surface area contributed by atoms with Crippen molar-refractivity contribution >= 4 is 45.2 Å². The summed E-state index contributed by atoms with van der Waals surface area (Å²) in [6.45, 7) is 11.7. The molecule has 10 nitrogen and oxygen atoms in total. The maximum absolute atomic E-state index is 11.8. The van der Waals surface area contributed by atoms with E-state index in [-0.39, 0.29) is 11.3 Å². The minimum Gasteiger partial charge on any atom is -0.691 e. The molecule has 2 aliphatic rings. The van der Waals surface area contributed by atoms with Crippen LogP contribution in [0.25, 0.3) is 0 Å². The predicted molar refractivity (Wildman–Crippen MR) is 163 cm³/mol. The molecule has 0 fully saturated rings. The number of likely N-dealkylation sites (N-methyl/N-ethyl adjacent to an activating group) is 1. The van der Waals surface area contributed by atoms with Gasteiger partial charge in [-0.3, -0.25) is 14.4 Å². The fourth-order valence-electron chi connectivity index (χ4n) is 6.11. The van der Waals surface area contributed by atoms with Gasteiger partial charge in [0.1, 0.15) is 6.54 Å². The van der Waals surface area contributed by atoms with E-state index in [4.69, 9.17) is 5.11 Å². The largest absolute Gasteiger partial charge is 0.691 e. The Hall–Kier alpha value is -3.00. The highest BCUT2D eigenvalue weighted by Gasteiger charge is 2.44. The Morgan fingerprint density at radius 3 is 2.47 bits per heavy atom. The summed E-state index contributed by atoms with van der Waals surface area (Å²) in [5.74, 6) is -0.794. The van der Waals surface area contributed by atoms with Crippen molar-refractivity contribution in [1.82, 2.24) is 0 Å². The molecule has 43 heavy (non-hydrogen) atoms. The van der Waals surface area contributed by atoms with Crippen molar-refractivity contribution in [3.8, 4) is 0 Å². The van der Waals surface area contributed by atoms with Crippen LogP contribution < -0.4 is 10.2 Å². The zero-order valence-electron chi connectivity index (χ0n) is 25.0. The second-order valence-electron chi connectivity index (χ2n) is 11.7. The Bertz CT molecular complexity index is 1590. The van der Waals surface area contributed by atoms with E-state index in [1.807, 2.05) is 45.0 Å². The lowest BCUT2D eigenvalue weighted by molar-refractivity contribution is -0.777. The van der Waals surface area contributed by atoms with Crippen LogP contribution in [0.15, 0.2) is 70.1 Å². The molecule has 2 heterocycles. The summed E-state index contributed by atoms with van der Waals surface area (Å²) in [5.41, 5.74) is 4.96. The second kappa shape index (κ2) is 12.9. The van der Waals surface area contributed by atoms with E-state index >= 15 is 0 Å². The van der Waals surface area contributed by atoms with Gasteiger partial charge in [0.05, 0.1) is 22.4 Å². The lowest BCUT2D eigenvalue weighted by atomic mass is 9.81. The van der Waals surface area contributed by atoms with Crippen molar-refractivity contribution in [1.29, 1.82) is 0 Å². The molecular weight excluding hydrogens is 592 g/mol. The van der Waals surface area contributed by atoms with Crippen LogP contribution in [0.4, 0.5) is 11.4 Å². The molecule has 232 valence electrons. The molecule has 12 heteroatoms. The van der Waals surface area contributed by atoms with E-state index in [0.29, 0.717) is 19.5 Å². The van der Waals surface area contributed by atoms with E-state index in [1.165, 1.54) is 6.07 Å². The van der Waals surface area contributed by atoms with Crippen LogP contribution in [-0.2, 0) is 35.1 Å². The number of allylic oxidation sites excluding steroid dienone is 4. The molecule has 0 amide bonds. The summed E-state index contributed by atoms with van der Waals surface area (Å²) in [5, 5.41) is 22.9. The number of anilines is 1. The molecule has 2 N–H and O–H groups in total. The number of hydrogen-bond acceptors (Lipinski definition) is 8. The fraction of sp³-hybridized carbons (Fsp3) is 0.419. The third-order valence-corrected chi connectivity index (χ3v) is 9.70. The number of carbonyl (C=O) groups is 1. The van der Waals surface area contributed by atoms with Crippen molar-refractivity contribution in [2.45, 2.75) is 80.9 Å². The first-order valence-electron chi connectivity index (χ1n) is 14.2. The summed E-state index contributed by atoms with van der Waals surface area (Å²) < 4.78 is 40.1. The number of carboxylic acids is 1. The Morgan fingerprint density at radius 2 is 1.81 bits per heavy atom. The fourth-order valence-corrected chi connectivity index (χ4v) is 7.01. The normalized spacial score (nSPS) is 18.1. The van der Waals surface area contributed by atoms with Gasteiger partial charge in [-0.2, -0.15) is 17.3 Å². The Kier molecular flexibility index (Phi) is 9.89. The maximum Gasteiger partial charge on any atom is 0.303 e. The van der Waals surface area contributed by atoms with Crippen molar-refractivity contribution in [2.24, 2.45) is 0 Å². The van der Waals surface area contributed by atoms with Crippen LogP contribution in [0.1, 0.15) is 71.4 Å². The first-order chi connectivity index (χ1) is 20.2. The summed E-state index contributed by atoms with van der Waals surface area (Å²) in [4.78, 5) is 13.7. The highest BCUT2D eigenvalue weighted by Crippen LogP contribution is 2.48. The first kappa shape index (κ1) is 32.9. The van der Waals surface area contributed by atoms with Crippen molar-refractivity contribution < 1.29 is 42.1 Å². The van der Waals surface area contributed by atoms with Crippen LogP contribution in [-0.4, -0.2) is 47.4 Å². The molecule has 0 atom stereocenters. The van der Waals surface area contributed by atoms with Gasteiger partial charge < -0.3 is 15.3 Å². The Morgan fingerprint density at radius 1 is 1.07 bits per heavy atom. The van der Waals surface area contributed by atoms with E-state index in [1.54, 1.807) is 12.1 Å². The van der Waals surface area contributed by atoms with E-state index < -0.39 is 26.9 Å². The van der Waals surface area contributed by atoms with Crippen LogP contribution in [0.2, 0.25) is 0 Å². The van der Waals surface area contributed by atoms with Crippen LogP contribution in [0.5, 0.6) is 0 Å². The lowest BCUT2D eigenvalue weighted by Crippen LogP contribution is -2.28. The van der Waals surface area contributed by atoms with Gasteiger partial charge in [-0.05, 0) is 75.6 Å². The Labute approximate surface area is 257 Å². The molecule has 0 bridgehead atoms. The third kappa shape index (κ3) is 6.74. The van der Waals surface area contributed by atoms with Crippen LogP contribution in [0, 0.1) is 0 Å². The van der Waals surface area contributed by atoms with Gasteiger partial charge >= 0.3 is 5.97 Å². The molecule has 0 spiro atoms. The molecular formula is C31H38N2O8S2. The number of benzene rings is 2. The Balaban J connectivity index is 1.71. The van der Waals surface area contributed by atoms with Crippen LogP contribution >= 0.6 is 12.0 Å². The molecule has 4 rings (SSSR count). The van der Waals surface area contributed by atoms with Gasteiger partial charge in [0, 0.05) is 58.8 Å². The molecule has 0 saturated carbocycles. The standard InChI is InChI=1S/C31H38N2O8S2/c1-6-32-25-17-15-22(43(37,38)39)20-24(25)31(4,5)27(32)11-10-12-28-30(2,3)23-19-21(42-41-40-36)14-16-26(23)33(28)18-9-7-8-13-29(34)35/h10-12,14-17,19-20H,6-9,13,18H2,1-5H3,(H2-,34,35,36,37,38,39). The molecule has 2 aliphatic heterocycles. The highest BCUT2D eigenvalue weighted by molar-refractivity contribution is 7.94. The predicted octanol–water partition coefficient (Wildman–Crippen LogP) is 5.44. The van der Waals surface area contributed by atoms with E-state index in [2.05, 4.69) is 44.8 Å². The monoisotopic (exact) mass is 630 g/mol. The molecule has 0 saturated heterocycles. The van der Waals surface area contributed by atoms with Gasteiger partial charge in [-0.25, -0.2) is 0 Å². The third-order valence-electron chi connectivity index (χ3n) is 8.28. The molecule has 2 aromatic carbocycles. The second-order valence-corrected chi connectivity index (χ2v) is 13.9. The number of unbranched alkanes of at least 4 members (excludes halogenated alkanes) is 2. The summed E-state index contributed by atoms with van der Waals surface area (Å²) in [6.07, 6.45) is 8.50. The van der Waals surface area contributed by atoms with Gasteiger partial charge in [-0.1, -0.05) is 19.9 Å². The average molecular weight is 631 g/mol. The lowest BCUT2D eigenvalue weighted by Gasteiger charge is -2.25. The van der Waals surface area contributed by atoms with Gasteiger partial charge in [0.15, 0.2) is 5.71 Å². The van der Waals surface area contributed by atoms with Crippen molar-refractivity contribution in [3.63, 3.8) is 0 Å². The maximum atomic E-state index is 11.8. The van der Waals surface area contributed by atoms with Crippen molar-refractivity contribution in [2.75, 3.05) is 18.0 Å². The molecule has 0 unspecified atom stereocenters. The number of aliphatic carboxylic acids is 1. The van der Waals surface area contributed by atoms with Crippen LogP contribution in [0.3, 0.4) is 0 Å². The SMILES string of the molecule is CCN1/C(=C/C=C/C2=[N+](CCCCCC(=O)O)c3ccc(SOO[O-])cc3C2(C)C)C(C)(C)c2cc(S(=O)(=O)O)ccc21. The van der Waals surface area contributed by atoms with E-state index in [9.17, 15) is 23.0 Å². The summed E-state index contributed by atoms with van der Waals surface area (Å²) in [6, 6.07) is 10.6. The first-order valence-corrected chi connectivity index (χ1v) is 16.3. The topological polar surface area (TPSA) is 139 Å². The smallest absolute Gasteiger partial charge is 0.303 e. The number of nitrogens with zero attached hydrogens (tertiary/aromatic N) is 2. The number of fused-ring (bicyclic) bond motifs is 2. The number of carboxylic acid groups (broad SMARTS) is 1. The molecule has 2 aromatic rings. The van der Waals surface area contributed by atoms with E-state index in [0.717, 1.165) is 63.7 Å². The number of hydrogen-bond donors (Lipinski definition) is 2. The summed E-state index contributed by atoms with van der Waals surface area (Å²) in [7, 11) is -4.34. The number of rotatable bonds is 13. The molecule has 0 aliphatic carbocycles. The average Bonchev–Trinajstić information content (AvgIpc) is 3.29. The minimum absolute atomic E-state index is 0.128. The van der Waals surface area contributed by atoms with Gasteiger partial charge in [-0.15, -0.1) is 0 Å². The van der Waals surface area contributed by atoms with Gasteiger partial charge in [0.25, 0.3) is 10.1 Å². The molecule has 0 aromatic heterocycles.